The molecule has 0 bridgehead atoms. The van der Waals surface area contributed by atoms with Crippen LogP contribution in [0.2, 0.25) is 0 Å². The van der Waals surface area contributed by atoms with Crippen molar-refractivity contribution < 1.29 is 8.42 Å². The molecular formula is C16H28N2O2S. The van der Waals surface area contributed by atoms with Gasteiger partial charge in [-0.1, -0.05) is 19.1 Å². The van der Waals surface area contributed by atoms with Crippen LogP contribution in [0.5, 0.6) is 0 Å². The summed E-state index contributed by atoms with van der Waals surface area (Å²) in [5.74, 6) is 0. The largest absolute Gasteiger partial charge is 0.320 e. The van der Waals surface area contributed by atoms with E-state index < -0.39 is 10.0 Å². The number of nitrogens with one attached hydrogen (secondary N) is 1. The summed E-state index contributed by atoms with van der Waals surface area (Å²) in [4.78, 5) is 0.365. The van der Waals surface area contributed by atoms with Gasteiger partial charge in [0.25, 0.3) is 0 Å². The molecule has 0 aliphatic heterocycles. The molecule has 1 aromatic carbocycles. The Morgan fingerprint density at radius 2 is 1.76 bits per heavy atom. The third kappa shape index (κ3) is 4.53. The van der Waals surface area contributed by atoms with Gasteiger partial charge in [0, 0.05) is 12.6 Å². The molecule has 0 saturated heterocycles. The fourth-order valence-corrected chi connectivity index (χ4v) is 3.58. The Morgan fingerprint density at radius 1 is 1.19 bits per heavy atom. The average Bonchev–Trinajstić information content (AvgIpc) is 2.47. The van der Waals surface area contributed by atoms with E-state index in [9.17, 15) is 8.42 Å². The number of hydrogen-bond donors (Lipinski definition) is 1. The molecule has 0 radical (unpaired) electrons. The van der Waals surface area contributed by atoms with Crippen LogP contribution in [0.4, 0.5) is 0 Å². The molecule has 0 aromatic heterocycles. The molecule has 0 atom stereocenters. The lowest BCUT2D eigenvalue weighted by Crippen LogP contribution is -2.44. The molecular weight excluding hydrogens is 284 g/mol. The summed E-state index contributed by atoms with van der Waals surface area (Å²) in [5, 5.41) is 3.11. The first-order valence-corrected chi connectivity index (χ1v) is 8.92. The van der Waals surface area contributed by atoms with E-state index in [0.29, 0.717) is 4.90 Å². The van der Waals surface area contributed by atoms with E-state index in [1.165, 1.54) is 9.87 Å². The normalized spacial score (nSPS) is 12.9. The summed E-state index contributed by atoms with van der Waals surface area (Å²) in [7, 11) is 0.154. The third-order valence-corrected chi connectivity index (χ3v) is 6.27. The minimum atomic E-state index is -3.43. The van der Waals surface area contributed by atoms with Gasteiger partial charge in [-0.15, -0.1) is 0 Å². The van der Waals surface area contributed by atoms with E-state index in [2.05, 4.69) is 5.32 Å². The van der Waals surface area contributed by atoms with Crippen molar-refractivity contribution in [3.63, 3.8) is 0 Å². The molecule has 1 rings (SSSR count). The Balaban J connectivity index is 2.90. The van der Waals surface area contributed by atoms with E-state index in [-0.39, 0.29) is 5.54 Å². The maximum Gasteiger partial charge on any atom is 0.243 e. The zero-order valence-corrected chi connectivity index (χ0v) is 14.6. The van der Waals surface area contributed by atoms with Crippen molar-refractivity contribution in [1.82, 2.24) is 9.62 Å². The van der Waals surface area contributed by atoms with Crippen molar-refractivity contribution >= 4 is 10.0 Å². The maximum atomic E-state index is 12.6. The molecule has 5 heteroatoms. The second-order valence-corrected chi connectivity index (χ2v) is 7.96. The van der Waals surface area contributed by atoms with Crippen LogP contribution < -0.4 is 5.32 Å². The van der Waals surface area contributed by atoms with Gasteiger partial charge in [0.2, 0.25) is 10.0 Å². The highest BCUT2D eigenvalue weighted by Gasteiger charge is 2.32. The predicted molar refractivity (Wildman–Crippen MR) is 88.0 cm³/mol. The number of sulfonamides is 1. The van der Waals surface area contributed by atoms with Crippen LogP contribution in [0.3, 0.4) is 0 Å². The SMILES string of the molecule is CCC(C)(C)N(C)S(=O)(=O)c1ccc(CCCNC)cc1. The molecule has 4 nitrogen and oxygen atoms in total. The average molecular weight is 312 g/mol. The summed E-state index contributed by atoms with van der Waals surface area (Å²) in [6.45, 7) is 6.84. The van der Waals surface area contributed by atoms with Crippen molar-refractivity contribution in [3.8, 4) is 0 Å². The maximum absolute atomic E-state index is 12.6. The summed E-state index contributed by atoms with van der Waals surface area (Å²) < 4.78 is 26.7. The van der Waals surface area contributed by atoms with Gasteiger partial charge in [-0.2, -0.15) is 4.31 Å². The molecule has 21 heavy (non-hydrogen) atoms. The zero-order valence-electron chi connectivity index (χ0n) is 13.8. The first kappa shape index (κ1) is 18.1. The van der Waals surface area contributed by atoms with Crippen molar-refractivity contribution in [2.45, 2.75) is 50.5 Å². The molecule has 0 aliphatic rings. The number of rotatable bonds is 8. The highest BCUT2D eigenvalue weighted by molar-refractivity contribution is 7.89. The van der Waals surface area contributed by atoms with Crippen LogP contribution in [0.15, 0.2) is 29.2 Å². The minimum Gasteiger partial charge on any atom is -0.320 e. The Hall–Kier alpha value is -0.910. The van der Waals surface area contributed by atoms with Crippen molar-refractivity contribution in [2.75, 3.05) is 20.6 Å². The van der Waals surface area contributed by atoms with Crippen molar-refractivity contribution in [2.24, 2.45) is 0 Å². The lowest BCUT2D eigenvalue weighted by Gasteiger charge is -2.33. The Kier molecular flexibility index (Phi) is 6.38. The molecule has 1 N–H and O–H groups in total. The highest BCUT2D eigenvalue weighted by atomic mass is 32.2. The van der Waals surface area contributed by atoms with Crippen LogP contribution in [0.1, 0.15) is 39.2 Å². The van der Waals surface area contributed by atoms with Crippen molar-refractivity contribution in [1.29, 1.82) is 0 Å². The topological polar surface area (TPSA) is 49.4 Å². The molecule has 0 heterocycles. The molecule has 0 saturated carbocycles. The van der Waals surface area contributed by atoms with E-state index in [1.54, 1.807) is 19.2 Å². The molecule has 0 fully saturated rings. The van der Waals surface area contributed by atoms with Gasteiger partial charge in [-0.05, 0) is 64.4 Å². The van der Waals surface area contributed by atoms with Crippen LogP contribution in [-0.4, -0.2) is 38.9 Å². The van der Waals surface area contributed by atoms with Gasteiger partial charge in [-0.3, -0.25) is 0 Å². The second-order valence-electron chi connectivity index (χ2n) is 5.99. The molecule has 0 aliphatic carbocycles. The number of aryl methyl sites for hydroxylation is 1. The molecule has 1 aromatic rings. The van der Waals surface area contributed by atoms with Gasteiger partial charge in [0.15, 0.2) is 0 Å². The quantitative estimate of drug-likeness (QED) is 0.751. The first-order valence-electron chi connectivity index (χ1n) is 7.48. The van der Waals surface area contributed by atoms with E-state index in [1.807, 2.05) is 40.0 Å². The summed E-state index contributed by atoms with van der Waals surface area (Å²) in [6.07, 6.45) is 2.77. The lowest BCUT2D eigenvalue weighted by molar-refractivity contribution is 0.257. The summed E-state index contributed by atoms with van der Waals surface area (Å²) in [6, 6.07) is 7.25. The Morgan fingerprint density at radius 3 is 2.24 bits per heavy atom. The van der Waals surface area contributed by atoms with Crippen LogP contribution in [-0.2, 0) is 16.4 Å². The number of benzene rings is 1. The molecule has 0 spiro atoms. The monoisotopic (exact) mass is 312 g/mol. The molecule has 0 amide bonds. The number of nitrogens with zero attached hydrogens (tertiary/aromatic N) is 1. The van der Waals surface area contributed by atoms with Crippen molar-refractivity contribution in [3.05, 3.63) is 29.8 Å². The Bertz CT molecular complexity index is 536. The fraction of sp³-hybridized carbons (Fsp3) is 0.625. The number of hydrogen-bond acceptors (Lipinski definition) is 3. The summed E-state index contributed by atoms with van der Waals surface area (Å²) >= 11 is 0. The first-order chi connectivity index (χ1) is 9.75. The van der Waals surface area contributed by atoms with Gasteiger partial charge in [-0.25, -0.2) is 8.42 Å². The van der Waals surface area contributed by atoms with Gasteiger partial charge in [0.05, 0.1) is 4.90 Å². The molecule has 0 unspecified atom stereocenters. The van der Waals surface area contributed by atoms with Crippen LogP contribution in [0, 0.1) is 0 Å². The lowest BCUT2D eigenvalue weighted by atomic mass is 10.0. The smallest absolute Gasteiger partial charge is 0.243 e. The van der Waals surface area contributed by atoms with Crippen LogP contribution in [0.25, 0.3) is 0 Å². The van der Waals surface area contributed by atoms with Gasteiger partial charge >= 0.3 is 0 Å². The zero-order chi connectivity index (χ0) is 16.1. The van der Waals surface area contributed by atoms with E-state index in [4.69, 9.17) is 0 Å². The van der Waals surface area contributed by atoms with Gasteiger partial charge in [0.1, 0.15) is 0 Å². The minimum absolute atomic E-state index is 0.365. The van der Waals surface area contributed by atoms with Crippen LogP contribution >= 0.6 is 0 Å². The van der Waals surface area contributed by atoms with E-state index >= 15 is 0 Å². The highest BCUT2D eigenvalue weighted by Crippen LogP contribution is 2.25. The molecule has 120 valence electrons. The summed E-state index contributed by atoms with van der Waals surface area (Å²) in [5.41, 5.74) is 0.784. The standard InChI is InChI=1S/C16H28N2O2S/c1-6-16(2,3)18(5)21(19,20)15-11-9-14(10-12-15)8-7-13-17-4/h9-12,17H,6-8,13H2,1-5H3. The fourth-order valence-electron chi connectivity index (χ4n) is 2.00. The second kappa shape index (κ2) is 7.38. The third-order valence-electron chi connectivity index (χ3n) is 4.19. The predicted octanol–water partition coefficient (Wildman–Crippen LogP) is 2.65. The van der Waals surface area contributed by atoms with Gasteiger partial charge < -0.3 is 5.32 Å². The Labute approximate surface area is 129 Å². The van der Waals surface area contributed by atoms with E-state index in [0.717, 1.165) is 25.8 Å².